The molecular weight excluding hydrogens is 276 g/mol. The van der Waals surface area contributed by atoms with Crippen molar-refractivity contribution in [1.82, 2.24) is 10.6 Å². The molecule has 0 atom stereocenters. The van der Waals surface area contributed by atoms with E-state index in [0.717, 1.165) is 17.7 Å². The van der Waals surface area contributed by atoms with Gasteiger partial charge in [0, 0.05) is 18.7 Å². The fourth-order valence-corrected chi connectivity index (χ4v) is 2.26. The van der Waals surface area contributed by atoms with E-state index >= 15 is 0 Å². The van der Waals surface area contributed by atoms with Crippen LogP contribution in [-0.2, 0) is 13.1 Å². The predicted molar refractivity (Wildman–Crippen MR) is 88.1 cm³/mol. The number of carbonyl (C=O) groups excluding carboxylic acids is 1. The van der Waals surface area contributed by atoms with Crippen LogP contribution < -0.4 is 15.4 Å². The molecule has 2 rings (SSSR count). The van der Waals surface area contributed by atoms with E-state index in [2.05, 4.69) is 22.8 Å². The molecule has 2 N–H and O–H groups in total. The van der Waals surface area contributed by atoms with Gasteiger partial charge in [-0.3, -0.25) is 4.79 Å². The van der Waals surface area contributed by atoms with E-state index < -0.39 is 0 Å². The molecule has 0 bridgehead atoms. The third-order valence-corrected chi connectivity index (χ3v) is 3.41. The van der Waals surface area contributed by atoms with E-state index in [1.807, 2.05) is 38.2 Å². The Morgan fingerprint density at radius 2 is 1.68 bits per heavy atom. The summed E-state index contributed by atoms with van der Waals surface area (Å²) < 4.78 is 5.20. The van der Waals surface area contributed by atoms with E-state index in [9.17, 15) is 4.79 Å². The van der Waals surface area contributed by atoms with Gasteiger partial charge in [-0.05, 0) is 48.9 Å². The van der Waals surface area contributed by atoms with Crippen molar-refractivity contribution in [1.29, 1.82) is 0 Å². The zero-order valence-electron chi connectivity index (χ0n) is 13.3. The summed E-state index contributed by atoms with van der Waals surface area (Å²) in [6, 6.07) is 13.7. The van der Waals surface area contributed by atoms with Gasteiger partial charge in [0.25, 0.3) is 5.91 Å². The van der Waals surface area contributed by atoms with Gasteiger partial charge in [-0.1, -0.05) is 24.3 Å². The molecule has 0 fully saturated rings. The summed E-state index contributed by atoms with van der Waals surface area (Å²) in [5, 5.41) is 6.04. The maximum atomic E-state index is 12.2. The van der Waals surface area contributed by atoms with Gasteiger partial charge >= 0.3 is 0 Å². The van der Waals surface area contributed by atoms with Gasteiger partial charge in [0.15, 0.2) is 0 Å². The van der Waals surface area contributed by atoms with Crippen molar-refractivity contribution in [2.45, 2.75) is 20.0 Å². The number of methoxy groups -OCH3 is 1. The van der Waals surface area contributed by atoms with Crippen LogP contribution >= 0.6 is 0 Å². The second kappa shape index (κ2) is 7.61. The lowest BCUT2D eigenvalue weighted by atomic mass is 10.1. The Balaban J connectivity index is 1.99. The maximum Gasteiger partial charge on any atom is 0.251 e. The molecule has 2 aromatic rings. The average Bonchev–Trinajstić information content (AvgIpc) is 2.53. The third kappa shape index (κ3) is 4.33. The van der Waals surface area contributed by atoms with Crippen LogP contribution in [0.25, 0.3) is 0 Å². The molecule has 0 radical (unpaired) electrons. The number of hydrogen-bond donors (Lipinski definition) is 2. The topological polar surface area (TPSA) is 50.4 Å². The SMILES string of the molecule is CNCc1ccc(CNC(=O)c2cc(C)cc(OC)c2)cc1. The quantitative estimate of drug-likeness (QED) is 0.862. The van der Waals surface area contributed by atoms with E-state index in [1.54, 1.807) is 13.2 Å². The molecule has 0 aliphatic heterocycles. The number of amides is 1. The van der Waals surface area contributed by atoms with Crippen LogP contribution in [0.5, 0.6) is 5.75 Å². The predicted octanol–water partition coefficient (Wildman–Crippen LogP) is 2.65. The molecule has 0 heterocycles. The number of ether oxygens (including phenoxy) is 1. The molecular formula is C18H22N2O2. The molecule has 1 amide bonds. The van der Waals surface area contributed by atoms with Crippen LogP contribution in [0.15, 0.2) is 42.5 Å². The average molecular weight is 298 g/mol. The van der Waals surface area contributed by atoms with Gasteiger partial charge < -0.3 is 15.4 Å². The number of rotatable bonds is 6. The van der Waals surface area contributed by atoms with Crippen LogP contribution in [0.3, 0.4) is 0 Å². The molecule has 116 valence electrons. The Labute approximate surface area is 131 Å². The zero-order chi connectivity index (χ0) is 15.9. The van der Waals surface area contributed by atoms with Gasteiger partial charge in [0.2, 0.25) is 0 Å². The molecule has 22 heavy (non-hydrogen) atoms. The summed E-state index contributed by atoms with van der Waals surface area (Å²) in [4.78, 5) is 12.2. The molecule has 4 nitrogen and oxygen atoms in total. The van der Waals surface area contributed by atoms with Gasteiger partial charge in [-0.25, -0.2) is 0 Å². The summed E-state index contributed by atoms with van der Waals surface area (Å²) in [5.41, 5.74) is 3.92. The molecule has 0 saturated heterocycles. The second-order valence-electron chi connectivity index (χ2n) is 5.27. The summed E-state index contributed by atoms with van der Waals surface area (Å²) in [5.74, 6) is 0.600. The number of nitrogens with one attached hydrogen (secondary N) is 2. The zero-order valence-corrected chi connectivity index (χ0v) is 13.3. The smallest absolute Gasteiger partial charge is 0.251 e. The minimum Gasteiger partial charge on any atom is -0.497 e. The minimum atomic E-state index is -0.0960. The van der Waals surface area contributed by atoms with Crippen LogP contribution in [0, 0.1) is 6.92 Å². The second-order valence-corrected chi connectivity index (χ2v) is 5.27. The lowest BCUT2D eigenvalue weighted by molar-refractivity contribution is 0.0950. The fraction of sp³-hybridized carbons (Fsp3) is 0.278. The van der Waals surface area contributed by atoms with E-state index in [0.29, 0.717) is 17.9 Å². The molecule has 4 heteroatoms. The highest BCUT2D eigenvalue weighted by molar-refractivity contribution is 5.94. The normalized spacial score (nSPS) is 10.3. The molecule has 0 unspecified atom stereocenters. The van der Waals surface area contributed by atoms with Crippen LogP contribution in [0.4, 0.5) is 0 Å². The monoisotopic (exact) mass is 298 g/mol. The summed E-state index contributed by atoms with van der Waals surface area (Å²) in [6.07, 6.45) is 0. The Kier molecular flexibility index (Phi) is 5.55. The van der Waals surface area contributed by atoms with Gasteiger partial charge in [0.1, 0.15) is 5.75 Å². The summed E-state index contributed by atoms with van der Waals surface area (Å²) in [7, 11) is 3.52. The molecule has 0 aliphatic rings. The number of carbonyl (C=O) groups is 1. The highest BCUT2D eigenvalue weighted by Crippen LogP contribution is 2.16. The molecule has 0 aromatic heterocycles. The Morgan fingerprint density at radius 1 is 1.05 bits per heavy atom. The Morgan fingerprint density at radius 3 is 2.27 bits per heavy atom. The van der Waals surface area contributed by atoms with E-state index in [1.165, 1.54) is 5.56 Å². The summed E-state index contributed by atoms with van der Waals surface area (Å²) in [6.45, 7) is 3.30. The van der Waals surface area contributed by atoms with Crippen molar-refractivity contribution in [3.8, 4) is 5.75 Å². The van der Waals surface area contributed by atoms with Crippen LogP contribution in [0.2, 0.25) is 0 Å². The van der Waals surface area contributed by atoms with E-state index in [-0.39, 0.29) is 5.91 Å². The van der Waals surface area contributed by atoms with Crippen molar-refractivity contribution < 1.29 is 9.53 Å². The van der Waals surface area contributed by atoms with Gasteiger partial charge in [-0.15, -0.1) is 0 Å². The first-order chi connectivity index (χ1) is 10.6. The molecule has 2 aromatic carbocycles. The van der Waals surface area contributed by atoms with Crippen LogP contribution in [-0.4, -0.2) is 20.1 Å². The lowest BCUT2D eigenvalue weighted by Gasteiger charge is -2.09. The van der Waals surface area contributed by atoms with Crippen LogP contribution in [0.1, 0.15) is 27.0 Å². The standard InChI is InChI=1S/C18H22N2O2/c1-13-8-16(10-17(9-13)22-3)18(21)20-12-15-6-4-14(5-7-15)11-19-2/h4-10,19H,11-12H2,1-3H3,(H,20,21). The number of hydrogen-bond acceptors (Lipinski definition) is 3. The Hall–Kier alpha value is -2.33. The fourth-order valence-electron chi connectivity index (χ4n) is 2.26. The highest BCUT2D eigenvalue weighted by atomic mass is 16.5. The molecule has 0 aliphatic carbocycles. The first-order valence-electron chi connectivity index (χ1n) is 7.28. The van der Waals surface area contributed by atoms with Gasteiger partial charge in [-0.2, -0.15) is 0 Å². The van der Waals surface area contributed by atoms with E-state index in [4.69, 9.17) is 4.74 Å². The molecule has 0 spiro atoms. The van der Waals surface area contributed by atoms with Crippen molar-refractivity contribution in [3.63, 3.8) is 0 Å². The van der Waals surface area contributed by atoms with Crippen molar-refractivity contribution in [2.24, 2.45) is 0 Å². The molecule has 0 saturated carbocycles. The minimum absolute atomic E-state index is 0.0960. The largest absolute Gasteiger partial charge is 0.497 e. The number of aryl methyl sites for hydroxylation is 1. The Bertz CT molecular complexity index is 636. The maximum absolute atomic E-state index is 12.2. The van der Waals surface area contributed by atoms with Crippen molar-refractivity contribution in [2.75, 3.05) is 14.2 Å². The summed E-state index contributed by atoms with van der Waals surface area (Å²) >= 11 is 0. The van der Waals surface area contributed by atoms with Crippen molar-refractivity contribution in [3.05, 3.63) is 64.7 Å². The van der Waals surface area contributed by atoms with Crippen molar-refractivity contribution >= 4 is 5.91 Å². The number of benzene rings is 2. The first-order valence-corrected chi connectivity index (χ1v) is 7.28. The van der Waals surface area contributed by atoms with Gasteiger partial charge in [0.05, 0.1) is 7.11 Å². The lowest BCUT2D eigenvalue weighted by Crippen LogP contribution is -2.22. The first kappa shape index (κ1) is 16.0. The highest BCUT2D eigenvalue weighted by Gasteiger charge is 2.08. The third-order valence-electron chi connectivity index (χ3n) is 3.41.